The van der Waals surface area contributed by atoms with Crippen molar-refractivity contribution in [1.82, 2.24) is 0 Å². The molecular formula is C38H29BO4. The van der Waals surface area contributed by atoms with Crippen LogP contribution in [0.25, 0.3) is 76.5 Å². The van der Waals surface area contributed by atoms with Crippen LogP contribution >= 0.6 is 0 Å². The zero-order valence-electron chi connectivity index (χ0n) is 24.5. The quantitative estimate of drug-likeness (QED) is 0.156. The van der Waals surface area contributed by atoms with Crippen LogP contribution in [-0.2, 0) is 9.31 Å². The number of benzene rings is 6. The first kappa shape index (κ1) is 25.0. The Morgan fingerprint density at radius 3 is 1.81 bits per heavy atom. The molecule has 4 nitrogen and oxygen atoms in total. The van der Waals surface area contributed by atoms with Gasteiger partial charge in [-0.05, 0) is 84.7 Å². The maximum Gasteiger partial charge on any atom is 0.495 e. The van der Waals surface area contributed by atoms with Crippen LogP contribution in [0.15, 0.2) is 112 Å². The molecule has 6 aromatic carbocycles. The molecule has 0 saturated carbocycles. The molecule has 0 spiro atoms. The van der Waals surface area contributed by atoms with Gasteiger partial charge in [0.2, 0.25) is 0 Å². The summed E-state index contributed by atoms with van der Waals surface area (Å²) in [5.41, 5.74) is 5.63. The minimum absolute atomic E-state index is 0.460. The minimum atomic E-state index is -0.526. The Morgan fingerprint density at radius 1 is 0.465 bits per heavy atom. The van der Waals surface area contributed by atoms with E-state index in [9.17, 15) is 0 Å². The first-order valence-corrected chi connectivity index (χ1v) is 14.9. The van der Waals surface area contributed by atoms with Gasteiger partial charge in [0.15, 0.2) is 0 Å². The number of hydrogen-bond donors (Lipinski definition) is 0. The molecule has 0 radical (unpaired) electrons. The summed E-state index contributed by atoms with van der Waals surface area (Å²) in [6.45, 7) is 8.36. The normalized spacial score (nSPS) is 16.5. The third-order valence-electron chi connectivity index (χ3n) is 9.70. The molecule has 8 aromatic rings. The van der Waals surface area contributed by atoms with E-state index in [1.54, 1.807) is 0 Å². The second-order valence-corrected chi connectivity index (χ2v) is 12.7. The van der Waals surface area contributed by atoms with Gasteiger partial charge >= 0.3 is 7.12 Å². The standard InChI is InChI=1S/C38H29BO4/c1-37(2)38(3,4)43-39(42-37)30-20-23(21-33-35(30)28-15-9-10-16-31(28)40-33)22-17-18-32-29(19-22)34-26-13-7-5-11-24(26)25-12-6-8-14-27(25)36(34)41-32/h5-21H,1-4H3. The molecule has 0 amide bonds. The van der Waals surface area contributed by atoms with Crippen molar-refractivity contribution >= 4 is 78.0 Å². The molecule has 0 aliphatic carbocycles. The third kappa shape index (κ3) is 3.46. The van der Waals surface area contributed by atoms with E-state index in [-0.39, 0.29) is 0 Å². The van der Waals surface area contributed by atoms with Crippen LogP contribution in [-0.4, -0.2) is 18.3 Å². The molecule has 1 aliphatic rings. The molecule has 43 heavy (non-hydrogen) atoms. The molecule has 2 aromatic heterocycles. The molecule has 9 rings (SSSR count). The maximum atomic E-state index is 6.59. The van der Waals surface area contributed by atoms with Crippen LogP contribution in [0.4, 0.5) is 0 Å². The predicted octanol–water partition coefficient (Wildman–Crippen LogP) is 9.76. The Morgan fingerprint density at radius 2 is 1.07 bits per heavy atom. The average Bonchev–Trinajstić information content (AvgIpc) is 3.65. The maximum absolute atomic E-state index is 6.59. The van der Waals surface area contributed by atoms with Crippen molar-refractivity contribution in [3.05, 3.63) is 103 Å². The lowest BCUT2D eigenvalue weighted by molar-refractivity contribution is 0.00578. The lowest BCUT2D eigenvalue weighted by atomic mass is 9.75. The number of rotatable bonds is 2. The minimum Gasteiger partial charge on any atom is -0.456 e. The largest absolute Gasteiger partial charge is 0.495 e. The zero-order valence-corrected chi connectivity index (χ0v) is 24.5. The van der Waals surface area contributed by atoms with Crippen molar-refractivity contribution in [3.8, 4) is 11.1 Å². The number of para-hydroxylation sites is 1. The first-order valence-electron chi connectivity index (χ1n) is 14.9. The third-order valence-corrected chi connectivity index (χ3v) is 9.70. The van der Waals surface area contributed by atoms with Crippen molar-refractivity contribution in [1.29, 1.82) is 0 Å². The monoisotopic (exact) mass is 560 g/mol. The van der Waals surface area contributed by atoms with E-state index < -0.39 is 18.3 Å². The summed E-state index contributed by atoms with van der Waals surface area (Å²) in [6, 6.07) is 36.1. The zero-order chi connectivity index (χ0) is 29.1. The molecule has 1 saturated heterocycles. The van der Waals surface area contributed by atoms with Crippen molar-refractivity contribution < 1.29 is 18.1 Å². The predicted molar refractivity (Wildman–Crippen MR) is 177 cm³/mol. The molecule has 1 aliphatic heterocycles. The molecule has 208 valence electrons. The average molecular weight is 560 g/mol. The molecule has 0 atom stereocenters. The van der Waals surface area contributed by atoms with Gasteiger partial charge in [-0.2, -0.15) is 0 Å². The van der Waals surface area contributed by atoms with Gasteiger partial charge in [-0.15, -0.1) is 0 Å². The van der Waals surface area contributed by atoms with Gasteiger partial charge in [0.1, 0.15) is 22.3 Å². The highest BCUT2D eigenvalue weighted by atomic mass is 16.7. The van der Waals surface area contributed by atoms with Crippen molar-refractivity contribution in [2.45, 2.75) is 38.9 Å². The van der Waals surface area contributed by atoms with Crippen molar-refractivity contribution in [2.75, 3.05) is 0 Å². The van der Waals surface area contributed by atoms with Gasteiger partial charge in [0, 0.05) is 26.9 Å². The lowest BCUT2D eigenvalue weighted by Crippen LogP contribution is -2.41. The number of fused-ring (bicyclic) bond motifs is 11. The van der Waals surface area contributed by atoms with E-state index in [1.807, 2.05) is 18.2 Å². The lowest BCUT2D eigenvalue weighted by Gasteiger charge is -2.32. The fraction of sp³-hybridized carbons (Fsp3) is 0.158. The summed E-state index contributed by atoms with van der Waals surface area (Å²) < 4.78 is 26.2. The smallest absolute Gasteiger partial charge is 0.456 e. The summed E-state index contributed by atoms with van der Waals surface area (Å²) >= 11 is 0. The van der Waals surface area contributed by atoms with Crippen LogP contribution in [0.2, 0.25) is 0 Å². The van der Waals surface area contributed by atoms with Gasteiger partial charge in [0.05, 0.1) is 11.2 Å². The Balaban J connectivity index is 1.32. The van der Waals surface area contributed by atoms with Crippen molar-refractivity contribution in [3.63, 3.8) is 0 Å². The van der Waals surface area contributed by atoms with E-state index in [2.05, 4.69) is 113 Å². The molecule has 0 unspecified atom stereocenters. The number of hydrogen-bond acceptors (Lipinski definition) is 4. The molecule has 5 heteroatoms. The van der Waals surface area contributed by atoms with Gasteiger partial charge in [-0.1, -0.05) is 78.9 Å². The Bertz CT molecular complexity index is 2410. The van der Waals surface area contributed by atoms with Crippen LogP contribution in [0, 0.1) is 0 Å². The topological polar surface area (TPSA) is 44.7 Å². The van der Waals surface area contributed by atoms with E-state index >= 15 is 0 Å². The molecule has 3 heterocycles. The van der Waals surface area contributed by atoms with Crippen LogP contribution in [0.5, 0.6) is 0 Å². The summed E-state index contributed by atoms with van der Waals surface area (Å²) in [5.74, 6) is 0. The first-order chi connectivity index (χ1) is 20.8. The molecule has 1 fully saturated rings. The van der Waals surface area contributed by atoms with E-state index in [0.29, 0.717) is 0 Å². The van der Waals surface area contributed by atoms with E-state index in [1.165, 1.54) is 16.2 Å². The van der Waals surface area contributed by atoms with E-state index in [0.717, 1.165) is 65.9 Å². The fourth-order valence-electron chi connectivity index (χ4n) is 6.80. The highest BCUT2D eigenvalue weighted by Gasteiger charge is 2.52. The van der Waals surface area contributed by atoms with Crippen LogP contribution < -0.4 is 5.46 Å². The summed E-state index contributed by atoms with van der Waals surface area (Å²) in [6.07, 6.45) is 0. The Kier molecular flexibility index (Phi) is 4.94. The van der Waals surface area contributed by atoms with Gasteiger partial charge < -0.3 is 18.1 Å². The fourth-order valence-corrected chi connectivity index (χ4v) is 6.80. The second-order valence-electron chi connectivity index (χ2n) is 12.7. The molecular weight excluding hydrogens is 531 g/mol. The van der Waals surface area contributed by atoms with Crippen molar-refractivity contribution in [2.24, 2.45) is 0 Å². The Labute approximate surface area is 248 Å². The molecule has 0 N–H and O–H groups in total. The highest BCUT2D eigenvalue weighted by Crippen LogP contribution is 2.43. The van der Waals surface area contributed by atoms with Crippen LogP contribution in [0.3, 0.4) is 0 Å². The second kappa shape index (κ2) is 8.50. The summed E-state index contributed by atoms with van der Waals surface area (Å²) in [7, 11) is -0.526. The van der Waals surface area contributed by atoms with Crippen LogP contribution in [0.1, 0.15) is 27.7 Å². The van der Waals surface area contributed by atoms with Gasteiger partial charge in [0.25, 0.3) is 0 Å². The SMILES string of the molecule is CC1(C)OB(c2cc(-c3ccc4oc5c6ccccc6c6ccccc6c5c4c3)cc3oc4ccccc4c23)OC1(C)C. The van der Waals surface area contributed by atoms with Gasteiger partial charge in [-0.25, -0.2) is 0 Å². The van der Waals surface area contributed by atoms with E-state index in [4.69, 9.17) is 18.1 Å². The number of furan rings is 2. The Hall–Kier alpha value is -4.58. The van der Waals surface area contributed by atoms with Gasteiger partial charge in [-0.3, -0.25) is 0 Å². The summed E-state index contributed by atoms with van der Waals surface area (Å²) in [5, 5.41) is 9.07. The summed E-state index contributed by atoms with van der Waals surface area (Å²) in [4.78, 5) is 0. The highest BCUT2D eigenvalue weighted by molar-refractivity contribution is 6.66. The molecule has 0 bridgehead atoms.